The second-order valence-electron chi connectivity index (χ2n) is 16.6. The van der Waals surface area contributed by atoms with Crippen LogP contribution < -0.4 is 0 Å². The summed E-state index contributed by atoms with van der Waals surface area (Å²) in [6, 6.07) is 0. The van der Waals surface area contributed by atoms with E-state index in [0.29, 0.717) is 19.3 Å². The van der Waals surface area contributed by atoms with Crippen molar-refractivity contribution in [3.05, 3.63) is 0 Å². The number of ether oxygens (including phenoxy) is 3. The van der Waals surface area contributed by atoms with Crippen molar-refractivity contribution < 1.29 is 28.6 Å². The van der Waals surface area contributed by atoms with E-state index in [9.17, 15) is 14.4 Å². The molecule has 0 aliphatic heterocycles. The van der Waals surface area contributed by atoms with Crippen LogP contribution in [0.2, 0.25) is 0 Å². The van der Waals surface area contributed by atoms with Gasteiger partial charge in [-0.1, -0.05) is 202 Å². The summed E-state index contributed by atoms with van der Waals surface area (Å²) in [7, 11) is 0. The quantitative estimate of drug-likeness (QED) is 0.0355. The summed E-state index contributed by atoms with van der Waals surface area (Å²) in [5.74, 6) is 1.60. The molecule has 6 heteroatoms. The first-order chi connectivity index (χ1) is 25.2. The number of hydrogen-bond donors (Lipinski definition) is 0. The summed E-state index contributed by atoms with van der Waals surface area (Å²) in [6.45, 7) is 13.6. The Labute approximate surface area is 323 Å². The van der Waals surface area contributed by atoms with Gasteiger partial charge in [0, 0.05) is 19.3 Å². The standard InChI is InChI=1S/C46H88O6/c1-7-41(5)33-27-21-15-12-13-17-25-31-37-46(49)52-43(39-51-45(48)36-30-24-19-18-22-28-34-42(6)8-2)38-50-44(47)35-29-23-16-11-9-10-14-20-26-32-40(3)4/h40-43H,7-39H2,1-6H3/t41?,42?,43-/m1/s1. The molecular weight excluding hydrogens is 648 g/mol. The topological polar surface area (TPSA) is 78.9 Å². The van der Waals surface area contributed by atoms with Crippen LogP contribution in [0.25, 0.3) is 0 Å². The van der Waals surface area contributed by atoms with E-state index in [1.54, 1.807) is 0 Å². The Hall–Kier alpha value is -1.59. The zero-order chi connectivity index (χ0) is 38.5. The van der Waals surface area contributed by atoms with Gasteiger partial charge in [-0.15, -0.1) is 0 Å². The van der Waals surface area contributed by atoms with Gasteiger partial charge in [-0.25, -0.2) is 0 Å². The van der Waals surface area contributed by atoms with Gasteiger partial charge in [0.1, 0.15) is 13.2 Å². The van der Waals surface area contributed by atoms with Crippen LogP contribution >= 0.6 is 0 Å². The molecule has 0 aromatic heterocycles. The molecule has 0 aliphatic carbocycles. The third-order valence-corrected chi connectivity index (χ3v) is 10.9. The Morgan fingerprint density at radius 3 is 1.00 bits per heavy atom. The van der Waals surface area contributed by atoms with Crippen molar-refractivity contribution in [2.24, 2.45) is 17.8 Å². The van der Waals surface area contributed by atoms with E-state index in [0.717, 1.165) is 75.5 Å². The Morgan fingerprint density at radius 1 is 0.385 bits per heavy atom. The third-order valence-electron chi connectivity index (χ3n) is 10.9. The van der Waals surface area contributed by atoms with Gasteiger partial charge in [-0.05, 0) is 37.0 Å². The highest BCUT2D eigenvalue weighted by atomic mass is 16.6. The van der Waals surface area contributed by atoms with Crippen LogP contribution in [-0.4, -0.2) is 37.2 Å². The summed E-state index contributed by atoms with van der Waals surface area (Å²) < 4.78 is 16.7. The average Bonchev–Trinajstić information content (AvgIpc) is 3.12. The lowest BCUT2D eigenvalue weighted by Gasteiger charge is -2.18. The van der Waals surface area contributed by atoms with Crippen molar-refractivity contribution >= 4 is 17.9 Å². The summed E-state index contributed by atoms with van der Waals surface area (Å²) in [5.41, 5.74) is 0. The minimum atomic E-state index is -0.762. The first kappa shape index (κ1) is 50.4. The molecule has 3 atom stereocenters. The average molecular weight is 737 g/mol. The lowest BCUT2D eigenvalue weighted by molar-refractivity contribution is -0.167. The molecule has 0 amide bonds. The molecule has 0 fully saturated rings. The van der Waals surface area contributed by atoms with Gasteiger partial charge >= 0.3 is 17.9 Å². The van der Waals surface area contributed by atoms with Gasteiger partial charge in [0.2, 0.25) is 0 Å². The maximum Gasteiger partial charge on any atom is 0.306 e. The number of rotatable bonds is 39. The Morgan fingerprint density at radius 2 is 0.673 bits per heavy atom. The molecule has 308 valence electrons. The highest BCUT2D eigenvalue weighted by Gasteiger charge is 2.19. The van der Waals surface area contributed by atoms with Crippen LogP contribution in [-0.2, 0) is 28.6 Å². The highest BCUT2D eigenvalue weighted by Crippen LogP contribution is 2.17. The SMILES string of the molecule is CCC(C)CCCCCCCCCCC(=O)O[C@H](COC(=O)CCCCCCCCCCCC(C)C)COC(=O)CCCCCCCCC(C)CC. The van der Waals surface area contributed by atoms with Crippen LogP contribution in [0.3, 0.4) is 0 Å². The molecular formula is C46H88O6. The van der Waals surface area contributed by atoms with Crippen molar-refractivity contribution in [2.45, 2.75) is 247 Å². The predicted molar refractivity (Wildman–Crippen MR) is 219 cm³/mol. The largest absolute Gasteiger partial charge is 0.462 e. The number of carbonyl (C=O) groups is 3. The van der Waals surface area contributed by atoms with Crippen molar-refractivity contribution in [1.82, 2.24) is 0 Å². The molecule has 0 saturated carbocycles. The normalized spacial score (nSPS) is 13.2. The molecule has 0 aromatic rings. The molecule has 0 heterocycles. The zero-order valence-electron chi connectivity index (χ0n) is 35.6. The molecule has 0 spiro atoms. The van der Waals surface area contributed by atoms with E-state index >= 15 is 0 Å². The Balaban J connectivity index is 4.37. The van der Waals surface area contributed by atoms with Crippen molar-refractivity contribution in [3.8, 4) is 0 Å². The van der Waals surface area contributed by atoms with Crippen molar-refractivity contribution in [2.75, 3.05) is 13.2 Å². The fraction of sp³-hybridized carbons (Fsp3) is 0.935. The molecule has 0 rings (SSSR count). The van der Waals surface area contributed by atoms with Gasteiger partial charge in [0.15, 0.2) is 6.10 Å². The number of hydrogen-bond acceptors (Lipinski definition) is 6. The van der Waals surface area contributed by atoms with Crippen molar-refractivity contribution in [1.29, 1.82) is 0 Å². The van der Waals surface area contributed by atoms with Gasteiger partial charge in [0.05, 0.1) is 0 Å². The van der Waals surface area contributed by atoms with Crippen LogP contribution in [0.5, 0.6) is 0 Å². The Bertz CT molecular complexity index is 811. The summed E-state index contributed by atoms with van der Waals surface area (Å²) in [4.78, 5) is 37.7. The van der Waals surface area contributed by atoms with E-state index in [-0.39, 0.29) is 31.1 Å². The molecule has 0 aromatic carbocycles. The fourth-order valence-corrected chi connectivity index (χ4v) is 6.64. The first-order valence-electron chi connectivity index (χ1n) is 22.7. The number of esters is 3. The van der Waals surface area contributed by atoms with Gasteiger partial charge in [0.25, 0.3) is 0 Å². The van der Waals surface area contributed by atoms with E-state index < -0.39 is 6.10 Å². The predicted octanol–water partition coefficient (Wildman–Crippen LogP) is 14.0. The molecule has 2 unspecified atom stereocenters. The van der Waals surface area contributed by atoms with Crippen molar-refractivity contribution in [3.63, 3.8) is 0 Å². The van der Waals surface area contributed by atoms with Gasteiger partial charge < -0.3 is 14.2 Å². The molecule has 0 saturated heterocycles. The summed E-state index contributed by atoms with van der Waals surface area (Å²) >= 11 is 0. The summed E-state index contributed by atoms with van der Waals surface area (Å²) in [5, 5.41) is 0. The van der Waals surface area contributed by atoms with E-state index in [2.05, 4.69) is 41.5 Å². The number of unbranched alkanes of at least 4 members (excludes halogenated alkanes) is 20. The lowest BCUT2D eigenvalue weighted by atomic mass is 9.99. The molecule has 0 radical (unpaired) electrons. The zero-order valence-corrected chi connectivity index (χ0v) is 35.6. The van der Waals surface area contributed by atoms with Crippen LogP contribution in [0.15, 0.2) is 0 Å². The van der Waals surface area contributed by atoms with Crippen LogP contribution in [0.1, 0.15) is 241 Å². The summed E-state index contributed by atoms with van der Waals surface area (Å²) in [6.07, 6.45) is 33.7. The second kappa shape index (κ2) is 37.7. The fourth-order valence-electron chi connectivity index (χ4n) is 6.64. The number of carbonyl (C=O) groups excluding carboxylic acids is 3. The van der Waals surface area contributed by atoms with E-state index in [1.807, 2.05) is 0 Å². The molecule has 52 heavy (non-hydrogen) atoms. The monoisotopic (exact) mass is 737 g/mol. The molecule has 0 N–H and O–H groups in total. The first-order valence-corrected chi connectivity index (χ1v) is 22.7. The third kappa shape index (κ3) is 36.8. The van der Waals surface area contributed by atoms with Gasteiger partial charge in [-0.3, -0.25) is 14.4 Å². The smallest absolute Gasteiger partial charge is 0.306 e. The Kier molecular flexibility index (Phi) is 36.6. The maximum atomic E-state index is 12.7. The highest BCUT2D eigenvalue weighted by molar-refractivity contribution is 5.71. The minimum Gasteiger partial charge on any atom is -0.462 e. The minimum absolute atomic E-state index is 0.0671. The van der Waals surface area contributed by atoms with E-state index in [1.165, 1.54) is 122 Å². The molecule has 6 nitrogen and oxygen atoms in total. The maximum absolute atomic E-state index is 12.7. The lowest BCUT2D eigenvalue weighted by Crippen LogP contribution is -2.30. The van der Waals surface area contributed by atoms with Gasteiger partial charge in [-0.2, -0.15) is 0 Å². The molecule has 0 aliphatic rings. The van der Waals surface area contributed by atoms with E-state index in [4.69, 9.17) is 14.2 Å². The van der Waals surface area contributed by atoms with Crippen LogP contribution in [0, 0.1) is 17.8 Å². The molecule has 0 bridgehead atoms. The van der Waals surface area contributed by atoms with Crippen LogP contribution in [0.4, 0.5) is 0 Å². The second-order valence-corrected chi connectivity index (χ2v) is 16.6.